The van der Waals surface area contributed by atoms with Crippen LogP contribution >= 0.6 is 12.4 Å². The summed E-state index contributed by atoms with van der Waals surface area (Å²) in [5.41, 5.74) is 0. The van der Waals surface area contributed by atoms with Crippen molar-refractivity contribution in [2.45, 2.75) is 38.8 Å². The molecule has 2 rings (SSSR count). The van der Waals surface area contributed by atoms with Crippen LogP contribution in [0.5, 0.6) is 0 Å². The molecule has 8 heteroatoms. The number of carboxylic acid groups (broad SMARTS) is 1. The lowest BCUT2D eigenvalue weighted by Crippen LogP contribution is -2.26. The summed E-state index contributed by atoms with van der Waals surface area (Å²) in [6.45, 7) is 2.55. The number of halogens is 1. The van der Waals surface area contributed by atoms with E-state index in [1.165, 1.54) is 30.4 Å². The Morgan fingerprint density at radius 1 is 1.22 bits per heavy atom. The zero-order valence-corrected chi connectivity index (χ0v) is 11.0. The van der Waals surface area contributed by atoms with Gasteiger partial charge in [0.05, 0.1) is 6.54 Å². The molecule has 0 aliphatic carbocycles. The molecular weight excluding hydrogens is 258 g/mol. The first-order valence-electron chi connectivity index (χ1n) is 5.95. The molecule has 0 spiro atoms. The third-order valence-electron chi connectivity index (χ3n) is 2.95. The molecule has 0 aromatic carbocycles. The average Bonchev–Trinajstić information content (AvgIpc) is 2.55. The summed E-state index contributed by atoms with van der Waals surface area (Å²) >= 11 is 0. The Bertz CT molecular complexity index is 376. The van der Waals surface area contributed by atoms with E-state index >= 15 is 0 Å². The van der Waals surface area contributed by atoms with Crippen LogP contribution < -0.4 is 0 Å². The molecule has 0 radical (unpaired) electrons. The van der Waals surface area contributed by atoms with Crippen molar-refractivity contribution in [3.05, 3.63) is 5.82 Å². The van der Waals surface area contributed by atoms with Crippen molar-refractivity contribution < 1.29 is 9.90 Å². The largest absolute Gasteiger partial charge is 0.480 e. The summed E-state index contributed by atoms with van der Waals surface area (Å²) in [6, 6.07) is 0. The van der Waals surface area contributed by atoms with Crippen molar-refractivity contribution in [3.63, 3.8) is 0 Å². The average molecular weight is 276 g/mol. The van der Waals surface area contributed by atoms with E-state index in [0.29, 0.717) is 12.4 Å². The van der Waals surface area contributed by atoms with Gasteiger partial charge in [-0.3, -0.25) is 9.69 Å². The number of nitrogens with zero attached hydrogens (tertiary/aromatic N) is 5. The van der Waals surface area contributed by atoms with E-state index < -0.39 is 5.97 Å². The van der Waals surface area contributed by atoms with Gasteiger partial charge in [0.15, 0.2) is 5.82 Å². The van der Waals surface area contributed by atoms with E-state index in [1.807, 2.05) is 0 Å². The number of aliphatic carboxylic acids is 1. The Balaban J connectivity index is 0.00000162. The van der Waals surface area contributed by atoms with Gasteiger partial charge < -0.3 is 5.11 Å². The van der Waals surface area contributed by atoms with Crippen LogP contribution in [0.2, 0.25) is 0 Å². The van der Waals surface area contributed by atoms with E-state index in [-0.39, 0.29) is 19.0 Å². The van der Waals surface area contributed by atoms with Crippen LogP contribution in [-0.2, 0) is 17.9 Å². The molecule has 7 nitrogen and oxygen atoms in total. The lowest BCUT2D eigenvalue weighted by Gasteiger charge is -2.18. The zero-order chi connectivity index (χ0) is 12.1. The second-order valence-electron chi connectivity index (χ2n) is 4.34. The summed E-state index contributed by atoms with van der Waals surface area (Å²) in [4.78, 5) is 12.9. The van der Waals surface area contributed by atoms with E-state index in [4.69, 9.17) is 5.11 Å². The fraction of sp³-hybridized carbons (Fsp3) is 0.800. The molecule has 0 bridgehead atoms. The molecule has 0 saturated carbocycles. The summed E-state index contributed by atoms with van der Waals surface area (Å²) in [5, 5.41) is 19.9. The van der Waals surface area contributed by atoms with Crippen molar-refractivity contribution >= 4 is 18.4 Å². The molecule has 1 aliphatic heterocycles. The van der Waals surface area contributed by atoms with Crippen molar-refractivity contribution in [3.8, 4) is 0 Å². The Hall–Kier alpha value is -1.21. The molecule has 1 N–H and O–H groups in total. The van der Waals surface area contributed by atoms with E-state index in [2.05, 4.69) is 20.4 Å². The predicted molar refractivity (Wildman–Crippen MR) is 66.4 cm³/mol. The van der Waals surface area contributed by atoms with Crippen LogP contribution in [0.15, 0.2) is 0 Å². The van der Waals surface area contributed by atoms with Gasteiger partial charge in [-0.15, -0.1) is 17.5 Å². The van der Waals surface area contributed by atoms with E-state index in [9.17, 15) is 4.79 Å². The molecule has 2 heterocycles. The maximum absolute atomic E-state index is 10.6. The molecule has 1 saturated heterocycles. The first-order valence-corrected chi connectivity index (χ1v) is 5.95. The molecular formula is C10H18ClN5O2. The lowest BCUT2D eigenvalue weighted by molar-refractivity contribution is -0.138. The molecule has 0 atom stereocenters. The summed E-state index contributed by atoms with van der Waals surface area (Å²) < 4.78 is 1.35. The van der Waals surface area contributed by atoms with Crippen LogP contribution in [0.25, 0.3) is 0 Å². The molecule has 0 amide bonds. The molecule has 0 unspecified atom stereocenters. The summed E-state index contributed by atoms with van der Waals surface area (Å²) in [7, 11) is 0. The molecule has 18 heavy (non-hydrogen) atoms. The number of aromatic nitrogens is 4. The lowest BCUT2D eigenvalue weighted by atomic mass is 10.2. The number of carboxylic acids is 1. The SMILES string of the molecule is Cl.O=C(O)Cn1nnnc1CN1CCCCCC1. The number of rotatable bonds is 4. The van der Waals surface area contributed by atoms with Gasteiger partial charge in [0.1, 0.15) is 6.54 Å². The monoisotopic (exact) mass is 275 g/mol. The number of tetrazole rings is 1. The fourth-order valence-electron chi connectivity index (χ4n) is 2.08. The van der Waals surface area contributed by atoms with Crippen molar-refractivity contribution in [1.82, 2.24) is 25.1 Å². The maximum Gasteiger partial charge on any atom is 0.325 e. The summed E-state index contributed by atoms with van der Waals surface area (Å²) in [5.74, 6) is -0.288. The highest BCUT2D eigenvalue weighted by Gasteiger charge is 2.15. The van der Waals surface area contributed by atoms with E-state index in [0.717, 1.165) is 13.1 Å². The van der Waals surface area contributed by atoms with Gasteiger partial charge in [-0.25, -0.2) is 4.68 Å². The van der Waals surface area contributed by atoms with Gasteiger partial charge in [-0.2, -0.15) is 0 Å². The van der Waals surface area contributed by atoms with Crippen LogP contribution in [0, 0.1) is 0 Å². The van der Waals surface area contributed by atoms with Gasteiger partial charge in [0.25, 0.3) is 0 Å². The Labute approximate surface area is 112 Å². The Morgan fingerprint density at radius 2 is 1.89 bits per heavy atom. The molecule has 1 aromatic rings. The first kappa shape index (κ1) is 14.8. The van der Waals surface area contributed by atoms with Gasteiger partial charge in [0, 0.05) is 0 Å². The highest BCUT2D eigenvalue weighted by Crippen LogP contribution is 2.11. The second kappa shape index (κ2) is 7.27. The van der Waals surface area contributed by atoms with Gasteiger partial charge in [0.2, 0.25) is 0 Å². The number of hydrogen-bond acceptors (Lipinski definition) is 5. The van der Waals surface area contributed by atoms with Crippen LogP contribution in [0.1, 0.15) is 31.5 Å². The highest BCUT2D eigenvalue weighted by atomic mass is 35.5. The molecule has 1 fully saturated rings. The van der Waals surface area contributed by atoms with E-state index in [1.54, 1.807) is 0 Å². The Morgan fingerprint density at radius 3 is 2.50 bits per heavy atom. The van der Waals surface area contributed by atoms with Crippen LogP contribution in [0.4, 0.5) is 0 Å². The highest BCUT2D eigenvalue weighted by molar-refractivity contribution is 5.85. The minimum Gasteiger partial charge on any atom is -0.480 e. The number of hydrogen-bond donors (Lipinski definition) is 1. The van der Waals surface area contributed by atoms with Gasteiger partial charge >= 0.3 is 5.97 Å². The number of carbonyl (C=O) groups is 1. The smallest absolute Gasteiger partial charge is 0.325 e. The third kappa shape index (κ3) is 4.23. The standard InChI is InChI=1S/C10H17N5O2.ClH/c16-10(17)8-15-9(11-12-13-15)7-14-5-3-1-2-4-6-14;/h1-8H2,(H,16,17);1H. The first-order chi connectivity index (χ1) is 8.25. The third-order valence-corrected chi connectivity index (χ3v) is 2.95. The molecule has 1 aliphatic rings. The molecule has 102 valence electrons. The maximum atomic E-state index is 10.6. The zero-order valence-electron chi connectivity index (χ0n) is 10.2. The van der Waals surface area contributed by atoms with Crippen molar-refractivity contribution in [1.29, 1.82) is 0 Å². The Kier molecular flexibility index (Phi) is 6.00. The van der Waals surface area contributed by atoms with Gasteiger partial charge in [-0.1, -0.05) is 12.8 Å². The van der Waals surface area contributed by atoms with Crippen LogP contribution in [0.3, 0.4) is 0 Å². The van der Waals surface area contributed by atoms with Crippen molar-refractivity contribution in [2.75, 3.05) is 13.1 Å². The van der Waals surface area contributed by atoms with Gasteiger partial charge in [-0.05, 0) is 36.4 Å². The second-order valence-corrected chi connectivity index (χ2v) is 4.34. The quantitative estimate of drug-likeness (QED) is 0.864. The predicted octanol–water partition coefficient (Wildman–Crippen LogP) is 0.555. The normalized spacial score (nSPS) is 16.9. The molecule has 1 aromatic heterocycles. The minimum absolute atomic E-state index is 0. The fourth-order valence-corrected chi connectivity index (χ4v) is 2.08. The number of likely N-dealkylation sites (tertiary alicyclic amines) is 1. The minimum atomic E-state index is -0.922. The topological polar surface area (TPSA) is 84.1 Å². The van der Waals surface area contributed by atoms with Crippen LogP contribution in [-0.4, -0.2) is 49.3 Å². The summed E-state index contributed by atoms with van der Waals surface area (Å²) in [6.07, 6.45) is 4.94. The van der Waals surface area contributed by atoms with Crippen molar-refractivity contribution in [2.24, 2.45) is 0 Å².